The summed E-state index contributed by atoms with van der Waals surface area (Å²) >= 11 is 0. The largest absolute Gasteiger partial charge is 0.395 e. The number of aromatic nitrogens is 8. The average Bonchev–Trinajstić information content (AvgIpc) is 1.16. The van der Waals surface area contributed by atoms with Crippen LogP contribution in [0.1, 0.15) is 146 Å². The average molecular weight is 2090 g/mol. The van der Waals surface area contributed by atoms with Crippen molar-refractivity contribution in [2.75, 3.05) is 126 Å². The predicted octanol–water partition coefficient (Wildman–Crippen LogP) is 16.5. The van der Waals surface area contributed by atoms with Crippen LogP contribution in [0.4, 0.5) is 0 Å². The number of aryl methyl sites for hydroxylation is 8. The zero-order valence-electron chi connectivity index (χ0n) is 89.3. The minimum absolute atomic E-state index is 0.00292. The molecule has 148 heavy (non-hydrogen) atoms. The molecule has 0 bridgehead atoms. The molecule has 0 saturated carbocycles. The van der Waals surface area contributed by atoms with Crippen LogP contribution in [0.3, 0.4) is 0 Å². The highest BCUT2D eigenvalue weighted by atomic mass is 32.2. The number of ether oxygens (including phenoxy) is 3. The van der Waals surface area contributed by atoms with Crippen LogP contribution in [0.15, 0.2) is 239 Å². The molecule has 6 saturated heterocycles. The molecule has 6 fully saturated rings. The monoisotopic (exact) mass is 2090 g/mol. The Morgan fingerprint density at radius 1 is 0.331 bits per heavy atom. The number of methoxy groups -OCH3 is 3. The second kappa shape index (κ2) is 45.9. The smallest absolute Gasteiger partial charge is 0.260 e. The summed E-state index contributed by atoms with van der Waals surface area (Å²) in [6.07, 6.45) is 17.5. The van der Waals surface area contributed by atoms with Gasteiger partial charge in [-0.3, -0.25) is 24.3 Å². The third kappa shape index (κ3) is 21.4. The number of sulfonamides is 4. The Morgan fingerprint density at radius 3 is 0.905 bits per heavy atom. The van der Waals surface area contributed by atoms with Crippen LogP contribution in [0.5, 0.6) is 0 Å². The van der Waals surface area contributed by atoms with Crippen LogP contribution < -0.4 is 0 Å². The van der Waals surface area contributed by atoms with Crippen molar-refractivity contribution in [2.45, 2.75) is 214 Å². The molecular formula is C116H148N16O12S4. The van der Waals surface area contributed by atoms with Gasteiger partial charge in [0.25, 0.3) is 30.1 Å². The molecule has 0 aliphatic carbocycles. The van der Waals surface area contributed by atoms with Crippen molar-refractivity contribution < 1.29 is 53.0 Å². The van der Waals surface area contributed by atoms with E-state index in [9.17, 15) is 38.8 Å². The molecule has 4 aromatic heterocycles. The number of aliphatic hydroxyl groups is 1. The van der Waals surface area contributed by atoms with Crippen molar-refractivity contribution in [3.63, 3.8) is 0 Å². The zero-order chi connectivity index (χ0) is 105. The second-order valence-electron chi connectivity index (χ2n) is 41.3. The first-order valence-corrected chi connectivity index (χ1v) is 57.8. The van der Waals surface area contributed by atoms with Gasteiger partial charge in [-0.1, -0.05) is 194 Å². The summed E-state index contributed by atoms with van der Waals surface area (Å²) < 4.78 is 140. The SMILES string of the molecule is CCn1ncc(S(=O)(=O)N2C/C=C\CN3C(C2)[C@H](c2ccc(-c4cccc(C)c4C)cc2)[C@H]3COC)c1C.COC[C@@H]1[C@@H](c2ccc(-c3cccc(C)c3C)cc2)C2CN(S(=O)(=O)c3cnc(C)n3C)C/C=C\CN21.COC[C@@H]1[C@@H](c2ccc(-c3cccc(C)c3C)cc2)C2CN(S(=O)(=O)c3cnc(C)n3C)CCCCN21.Cc1cccc(-c2ccc([C@H]3C4CN(S(=O)(=O)c5cnc(C)n5C)CCCCN4[C@@H]3CO)cc2)c1C. The highest BCUT2D eigenvalue weighted by Crippen LogP contribution is 2.49. The van der Waals surface area contributed by atoms with Crippen molar-refractivity contribution in [3.05, 3.63) is 309 Å². The van der Waals surface area contributed by atoms with Crippen LogP contribution in [-0.2, 0) is 82.0 Å². The molecular weight excluding hydrogens is 1940 g/mol. The molecule has 8 aliphatic heterocycles. The standard InChI is InChI=1S/C30H38N4O3S.C29H38N4O3S.C29H36N4O3S.C28H36N4O3S/c1-6-34-23(4)29(18-31-34)38(35,36)32-16-7-8-17-33-27(19-32)30(28(33)20-37-5)25-14-12-24(13-15-25)26-11-9-10-21(2)22(26)3;2*1-20-9-8-10-25(21(20)2)23-11-13-24(14-12-23)29-26-18-32(15-6-7-16-33(26)27(29)19-36-5)37(34,35)28-17-30-22(3)31(28)4;1-19-8-7-9-24(20(19)2)22-10-12-23(13-11-22)28-25-17-31(14-5-6-15-32(25)26(28)18-33)36(34,35)27-16-29-21(3)30(27)4/h7-15,18,27-28,30H,6,16-17,19-20H2,1-5H3;8-14,17,26-27,29H,6-7,15-16,18-19H2,1-5H3;6-14,17,26-27,29H,15-16,18-19H2,1-5H3;7-13,16,25-26,28,33H,5-6,14-15,17-18H2,1-4H3/b8-7-;;7-6-;/t27?,28-,30+;2*26?,27-,29+;25?,26-,28+/m1111/s1. The van der Waals surface area contributed by atoms with Gasteiger partial charge in [-0.15, -0.1) is 0 Å². The third-order valence-electron chi connectivity index (χ3n) is 33.4. The Kier molecular flexibility index (Phi) is 33.7. The number of hydrogen-bond donors (Lipinski definition) is 1. The molecule has 0 radical (unpaired) electrons. The molecule has 20 rings (SSSR count). The lowest BCUT2D eigenvalue weighted by Gasteiger charge is -2.57. The number of aliphatic hydroxyl groups excluding tert-OH is 1. The van der Waals surface area contributed by atoms with Crippen molar-refractivity contribution in [1.82, 2.24) is 75.3 Å². The van der Waals surface area contributed by atoms with Crippen LogP contribution in [0.2, 0.25) is 0 Å². The predicted molar refractivity (Wildman–Crippen MR) is 584 cm³/mol. The number of nitrogens with zero attached hydrogens (tertiary/aromatic N) is 16. The molecule has 1 N–H and O–H groups in total. The lowest BCUT2D eigenvalue weighted by Crippen LogP contribution is -2.68. The first-order valence-electron chi connectivity index (χ1n) is 52.0. The van der Waals surface area contributed by atoms with Gasteiger partial charge in [0.2, 0.25) is 10.0 Å². The molecule has 12 aromatic rings. The Labute approximate surface area is 877 Å². The molecule has 788 valence electrons. The fourth-order valence-electron chi connectivity index (χ4n) is 23.9. The molecule has 12 atom stereocenters. The summed E-state index contributed by atoms with van der Waals surface area (Å²) in [6.45, 7) is 35.9. The quantitative estimate of drug-likeness (QED) is 0.0550. The number of fused-ring (bicyclic) bond motifs is 4. The van der Waals surface area contributed by atoms with Crippen molar-refractivity contribution in [2.24, 2.45) is 21.1 Å². The normalized spacial score (nSPS) is 23.4. The fourth-order valence-corrected chi connectivity index (χ4v) is 30.3. The Bertz CT molecular complexity index is 7270. The molecule has 0 amide bonds. The summed E-state index contributed by atoms with van der Waals surface area (Å²) in [7, 11) is -4.22. The zero-order valence-corrected chi connectivity index (χ0v) is 92.6. The lowest BCUT2D eigenvalue weighted by molar-refractivity contribution is -0.0635. The summed E-state index contributed by atoms with van der Waals surface area (Å²) in [5, 5.41) is 15.3. The Balaban J connectivity index is 0.000000135. The summed E-state index contributed by atoms with van der Waals surface area (Å²) in [5.41, 5.74) is 25.5. The first kappa shape index (κ1) is 109. The van der Waals surface area contributed by atoms with Gasteiger partial charge in [-0.25, -0.2) is 48.6 Å². The molecule has 8 aliphatic rings. The maximum atomic E-state index is 13.8. The number of benzene rings is 8. The van der Waals surface area contributed by atoms with Gasteiger partial charge in [-0.2, -0.15) is 22.3 Å². The Morgan fingerprint density at radius 2 is 0.608 bits per heavy atom. The molecule has 0 spiro atoms. The third-order valence-corrected chi connectivity index (χ3v) is 41.0. The highest BCUT2D eigenvalue weighted by molar-refractivity contribution is 7.90. The maximum absolute atomic E-state index is 13.8. The van der Waals surface area contributed by atoms with E-state index >= 15 is 0 Å². The minimum Gasteiger partial charge on any atom is -0.395 e. The van der Waals surface area contributed by atoms with Gasteiger partial charge in [0.05, 0.1) is 56.9 Å². The molecule has 28 nitrogen and oxygen atoms in total. The van der Waals surface area contributed by atoms with Gasteiger partial charge in [0.1, 0.15) is 22.4 Å². The van der Waals surface area contributed by atoms with E-state index in [4.69, 9.17) is 14.2 Å². The highest BCUT2D eigenvalue weighted by Gasteiger charge is 2.56. The van der Waals surface area contributed by atoms with E-state index in [-0.39, 0.29) is 93.7 Å². The summed E-state index contributed by atoms with van der Waals surface area (Å²) in [6, 6.07) is 61.6. The summed E-state index contributed by atoms with van der Waals surface area (Å²) in [4.78, 5) is 22.5. The van der Waals surface area contributed by atoms with E-state index in [0.29, 0.717) is 107 Å². The minimum atomic E-state index is -3.70. The molecule has 12 heterocycles. The van der Waals surface area contributed by atoms with E-state index in [0.717, 1.165) is 57.4 Å². The number of hydrogen-bond acceptors (Lipinski definition) is 20. The van der Waals surface area contributed by atoms with Crippen LogP contribution in [0, 0.1) is 83.1 Å². The summed E-state index contributed by atoms with van der Waals surface area (Å²) in [5.74, 6) is 2.67. The van der Waals surface area contributed by atoms with Gasteiger partial charge >= 0.3 is 0 Å². The second-order valence-corrected chi connectivity index (χ2v) is 48.8. The number of rotatable bonds is 24. The van der Waals surface area contributed by atoms with Crippen molar-refractivity contribution in [3.8, 4) is 44.5 Å². The number of imidazole rings is 3. The van der Waals surface area contributed by atoms with Crippen LogP contribution in [0.25, 0.3) is 44.5 Å². The van der Waals surface area contributed by atoms with Crippen molar-refractivity contribution >= 4 is 40.1 Å². The van der Waals surface area contributed by atoms with E-state index in [1.165, 1.54) is 130 Å². The van der Waals surface area contributed by atoms with E-state index < -0.39 is 40.1 Å². The Hall–Kier alpha value is -10.6. The molecule has 32 heteroatoms. The van der Waals surface area contributed by atoms with Gasteiger partial charge in [0, 0.05) is 186 Å². The van der Waals surface area contributed by atoms with Gasteiger partial charge in [0.15, 0.2) is 15.1 Å². The van der Waals surface area contributed by atoms with Gasteiger partial charge < -0.3 is 33.0 Å². The maximum Gasteiger partial charge on any atom is 0.260 e. The van der Waals surface area contributed by atoms with Crippen LogP contribution >= 0.6 is 0 Å². The lowest BCUT2D eigenvalue weighted by atomic mass is 9.74. The van der Waals surface area contributed by atoms with E-state index in [1.54, 1.807) is 78.1 Å². The molecule has 4 unspecified atom stereocenters. The first-order chi connectivity index (χ1) is 71.0. The topological polar surface area (TPSA) is 282 Å². The van der Waals surface area contributed by atoms with Crippen molar-refractivity contribution in [1.29, 1.82) is 0 Å². The van der Waals surface area contributed by atoms with Gasteiger partial charge in [-0.05, 0) is 240 Å². The van der Waals surface area contributed by atoms with E-state index in [1.807, 2.05) is 46.8 Å². The fraction of sp³-hybridized carbons (Fsp3) is 0.448. The van der Waals surface area contributed by atoms with Crippen LogP contribution in [-0.4, -0.2) is 289 Å². The van der Waals surface area contributed by atoms with E-state index in [2.05, 4.69) is 277 Å². The molecule has 8 aromatic carbocycles.